The molecule has 0 atom stereocenters. The fourth-order valence-electron chi connectivity index (χ4n) is 1.33. The van der Waals surface area contributed by atoms with Gasteiger partial charge in [-0.05, 0) is 0 Å². The summed E-state index contributed by atoms with van der Waals surface area (Å²) in [4.78, 5) is 0. The van der Waals surface area contributed by atoms with Crippen molar-refractivity contribution in [3.8, 4) is 0 Å². The monoisotopic (exact) mass is 177 g/mol. The molecular formula is C6H11NO3S. The van der Waals surface area contributed by atoms with Crippen LogP contribution in [0.3, 0.4) is 0 Å². The summed E-state index contributed by atoms with van der Waals surface area (Å²) in [5.41, 5.74) is 0. The normalized spacial score (nSPS) is 30.9. The van der Waals surface area contributed by atoms with Crippen LogP contribution in [0.15, 0.2) is 0 Å². The lowest BCUT2D eigenvalue weighted by atomic mass is 10.2. The molecule has 0 radical (unpaired) electrons. The smallest absolute Gasteiger partial charge is 0.153 e. The first-order valence-electron chi connectivity index (χ1n) is 3.70. The van der Waals surface area contributed by atoms with Crippen LogP contribution < -0.4 is 5.32 Å². The van der Waals surface area contributed by atoms with Crippen LogP contribution in [-0.2, 0) is 14.6 Å². The second-order valence-corrected chi connectivity index (χ2v) is 5.33. The molecule has 0 spiro atoms. The molecule has 0 unspecified atom stereocenters. The quantitative estimate of drug-likeness (QED) is 0.574. The second kappa shape index (κ2) is 2.43. The van der Waals surface area contributed by atoms with Crippen molar-refractivity contribution in [2.75, 3.05) is 24.7 Å². The Labute approximate surface area is 65.8 Å². The van der Waals surface area contributed by atoms with Gasteiger partial charge in [-0.1, -0.05) is 0 Å². The molecule has 0 amide bonds. The van der Waals surface area contributed by atoms with Gasteiger partial charge in [0.1, 0.15) is 0 Å². The van der Waals surface area contributed by atoms with E-state index in [2.05, 4.69) is 5.32 Å². The van der Waals surface area contributed by atoms with Gasteiger partial charge in [0, 0.05) is 6.04 Å². The van der Waals surface area contributed by atoms with Crippen molar-refractivity contribution in [2.24, 2.45) is 0 Å². The summed E-state index contributed by atoms with van der Waals surface area (Å²) in [6.07, 6.45) is 0. The number of sulfone groups is 1. The van der Waals surface area contributed by atoms with E-state index in [9.17, 15) is 8.42 Å². The van der Waals surface area contributed by atoms with Crippen molar-refractivity contribution in [3.05, 3.63) is 0 Å². The molecule has 11 heavy (non-hydrogen) atoms. The Morgan fingerprint density at radius 1 is 1.18 bits per heavy atom. The Morgan fingerprint density at radius 2 is 1.82 bits per heavy atom. The average Bonchev–Trinajstić information content (AvgIpc) is 1.73. The third-order valence-electron chi connectivity index (χ3n) is 2.02. The van der Waals surface area contributed by atoms with E-state index in [1.807, 2.05) is 0 Å². The van der Waals surface area contributed by atoms with Crippen LogP contribution in [0.1, 0.15) is 0 Å². The van der Waals surface area contributed by atoms with Gasteiger partial charge in [-0.15, -0.1) is 0 Å². The predicted molar refractivity (Wildman–Crippen MR) is 40.2 cm³/mol. The molecule has 0 aromatic heterocycles. The topological polar surface area (TPSA) is 55.4 Å². The van der Waals surface area contributed by atoms with E-state index in [4.69, 9.17) is 4.74 Å². The first-order valence-corrected chi connectivity index (χ1v) is 5.52. The molecule has 5 heteroatoms. The van der Waals surface area contributed by atoms with E-state index in [0.717, 1.165) is 13.2 Å². The van der Waals surface area contributed by atoms with Crippen LogP contribution in [0.4, 0.5) is 0 Å². The van der Waals surface area contributed by atoms with Crippen molar-refractivity contribution in [1.82, 2.24) is 5.32 Å². The Hall–Kier alpha value is -0.130. The van der Waals surface area contributed by atoms with Gasteiger partial charge in [-0.25, -0.2) is 8.42 Å². The lowest BCUT2D eigenvalue weighted by Gasteiger charge is -2.35. The molecule has 2 aliphatic heterocycles. The molecule has 64 valence electrons. The molecule has 2 fully saturated rings. The lowest BCUT2D eigenvalue weighted by Crippen LogP contribution is -2.59. The number of nitrogens with one attached hydrogen (secondary N) is 1. The average molecular weight is 177 g/mol. The summed E-state index contributed by atoms with van der Waals surface area (Å²) in [6, 6.07) is 0.587. The molecular weight excluding hydrogens is 166 g/mol. The summed E-state index contributed by atoms with van der Waals surface area (Å²) in [7, 11) is -2.66. The highest BCUT2D eigenvalue weighted by atomic mass is 32.2. The van der Waals surface area contributed by atoms with Crippen molar-refractivity contribution in [3.63, 3.8) is 0 Å². The van der Waals surface area contributed by atoms with Gasteiger partial charge in [0.2, 0.25) is 0 Å². The first kappa shape index (κ1) is 7.52. The molecule has 0 saturated carbocycles. The minimum atomic E-state index is -2.66. The van der Waals surface area contributed by atoms with Crippen LogP contribution >= 0.6 is 0 Å². The largest absolute Gasteiger partial charge is 0.378 e. The predicted octanol–water partition coefficient (Wildman–Crippen LogP) is -1.23. The van der Waals surface area contributed by atoms with Crippen LogP contribution in [0.5, 0.6) is 0 Å². The number of rotatable bonds is 2. The van der Waals surface area contributed by atoms with Gasteiger partial charge in [0.05, 0.1) is 30.8 Å². The summed E-state index contributed by atoms with van der Waals surface area (Å²) >= 11 is 0. The molecule has 0 aliphatic carbocycles. The molecule has 4 nitrogen and oxygen atoms in total. The third-order valence-corrected chi connectivity index (χ3v) is 3.84. The highest BCUT2D eigenvalue weighted by molar-refractivity contribution is 7.92. The lowest BCUT2D eigenvalue weighted by molar-refractivity contribution is -0.00860. The standard InChI is InChI=1S/C6H11NO3S/c8-11(9)3-6(4-11)7-5-1-10-2-5/h5-7H,1-4H2. The van der Waals surface area contributed by atoms with E-state index in [-0.39, 0.29) is 6.04 Å². The molecule has 0 aromatic rings. The van der Waals surface area contributed by atoms with E-state index in [0.29, 0.717) is 17.5 Å². The Morgan fingerprint density at radius 3 is 2.18 bits per heavy atom. The number of hydrogen-bond acceptors (Lipinski definition) is 4. The van der Waals surface area contributed by atoms with Crippen LogP contribution in [0.25, 0.3) is 0 Å². The summed E-state index contributed by atoms with van der Waals surface area (Å²) in [5, 5.41) is 3.20. The minimum Gasteiger partial charge on any atom is -0.378 e. The van der Waals surface area contributed by atoms with Crippen molar-refractivity contribution >= 4 is 9.84 Å². The summed E-state index contributed by atoms with van der Waals surface area (Å²) < 4.78 is 26.4. The Balaban J connectivity index is 1.74. The molecule has 2 rings (SSSR count). The Kier molecular flexibility index (Phi) is 1.66. The molecule has 1 N–H and O–H groups in total. The maximum atomic E-state index is 10.7. The van der Waals surface area contributed by atoms with Crippen molar-refractivity contribution in [2.45, 2.75) is 12.1 Å². The van der Waals surface area contributed by atoms with Gasteiger partial charge in [-0.2, -0.15) is 0 Å². The van der Waals surface area contributed by atoms with Gasteiger partial charge in [0.15, 0.2) is 9.84 Å². The minimum absolute atomic E-state index is 0.189. The number of hydrogen-bond donors (Lipinski definition) is 1. The van der Waals surface area contributed by atoms with Gasteiger partial charge < -0.3 is 10.1 Å². The van der Waals surface area contributed by atoms with E-state index in [1.54, 1.807) is 0 Å². The molecule has 2 aliphatic rings. The van der Waals surface area contributed by atoms with Crippen LogP contribution in [0, 0.1) is 0 Å². The summed E-state index contributed by atoms with van der Waals surface area (Å²) in [5.74, 6) is 0.618. The highest BCUT2D eigenvalue weighted by Crippen LogP contribution is 2.12. The Bertz CT molecular complexity index is 233. The van der Waals surface area contributed by atoms with E-state index >= 15 is 0 Å². The first-order chi connectivity index (χ1) is 5.16. The van der Waals surface area contributed by atoms with E-state index in [1.165, 1.54) is 0 Å². The second-order valence-electron chi connectivity index (χ2n) is 3.17. The van der Waals surface area contributed by atoms with Gasteiger partial charge >= 0.3 is 0 Å². The molecule has 0 bridgehead atoms. The molecule has 2 saturated heterocycles. The van der Waals surface area contributed by atoms with Crippen molar-refractivity contribution < 1.29 is 13.2 Å². The van der Waals surface area contributed by atoms with Gasteiger partial charge in [0.25, 0.3) is 0 Å². The molecule has 2 heterocycles. The third kappa shape index (κ3) is 1.55. The van der Waals surface area contributed by atoms with Crippen LogP contribution in [-0.4, -0.2) is 45.2 Å². The molecule has 0 aromatic carbocycles. The zero-order valence-corrected chi connectivity index (χ0v) is 6.93. The highest BCUT2D eigenvalue weighted by Gasteiger charge is 2.35. The number of ether oxygens (including phenoxy) is 1. The fourth-order valence-corrected chi connectivity index (χ4v) is 2.65. The fraction of sp³-hybridized carbons (Fsp3) is 1.00. The zero-order valence-electron chi connectivity index (χ0n) is 6.12. The van der Waals surface area contributed by atoms with Crippen LogP contribution in [0.2, 0.25) is 0 Å². The van der Waals surface area contributed by atoms with Gasteiger partial charge in [-0.3, -0.25) is 0 Å². The SMILES string of the molecule is O=S1(=O)CC(NC2COC2)C1. The maximum absolute atomic E-state index is 10.7. The maximum Gasteiger partial charge on any atom is 0.153 e. The van der Waals surface area contributed by atoms with Crippen molar-refractivity contribution in [1.29, 1.82) is 0 Å². The van der Waals surface area contributed by atoms with E-state index < -0.39 is 9.84 Å². The summed E-state index contributed by atoms with van der Waals surface area (Å²) in [6.45, 7) is 1.47. The zero-order chi connectivity index (χ0) is 7.90.